The number of nitrogens with zero attached hydrogens (tertiary/aromatic N) is 2. The molecule has 55 heavy (non-hydrogen) atoms. The van der Waals surface area contributed by atoms with Crippen LogP contribution in [0, 0.1) is 5.41 Å². The summed E-state index contributed by atoms with van der Waals surface area (Å²) in [6, 6.07) is 49.8. The largest absolute Gasteiger partial charge is 0.458 e. The van der Waals surface area contributed by atoms with E-state index >= 15 is 0 Å². The lowest BCUT2D eigenvalue weighted by Gasteiger charge is -2.49. The van der Waals surface area contributed by atoms with Crippen molar-refractivity contribution < 1.29 is 4.74 Å². The van der Waals surface area contributed by atoms with Gasteiger partial charge < -0.3 is 14.5 Å². The second-order valence-corrected chi connectivity index (χ2v) is 18.7. The summed E-state index contributed by atoms with van der Waals surface area (Å²) in [4.78, 5) is 6.56. The highest BCUT2D eigenvalue weighted by atomic mass is 32.2. The molecule has 0 fully saturated rings. The first-order valence-corrected chi connectivity index (χ1v) is 20.9. The Morgan fingerprint density at radius 3 is 1.87 bits per heavy atom. The van der Waals surface area contributed by atoms with Gasteiger partial charge in [0, 0.05) is 49.7 Å². The quantitative estimate of drug-likeness (QED) is 0.168. The number of benzene rings is 6. The molecule has 0 spiro atoms. The third kappa shape index (κ3) is 4.22. The van der Waals surface area contributed by atoms with E-state index in [0.29, 0.717) is 0 Å². The average molecular weight is 731 g/mol. The SMILES string of the molecule is CCC1(CC)c2cc3c(cc2B2C4=C(N(c5ccccc5)c5cccc1c52)C(C)(C)C(C)(C)S4)B1c2ccccc2N(c2ccccc2)c2cccc(c21)O3. The minimum Gasteiger partial charge on any atom is -0.458 e. The zero-order valence-electron chi connectivity index (χ0n) is 32.5. The molecular formula is C49H44B2N2OS. The van der Waals surface area contributed by atoms with E-state index in [2.05, 4.69) is 197 Å². The Balaban J connectivity index is 1.21. The molecule has 0 aromatic heterocycles. The lowest BCUT2D eigenvalue weighted by atomic mass is 9.29. The van der Waals surface area contributed by atoms with Crippen molar-refractivity contribution in [1.29, 1.82) is 0 Å². The normalized spacial score (nSPS) is 18.4. The first kappa shape index (κ1) is 33.3. The molecule has 0 N–H and O–H groups in total. The van der Waals surface area contributed by atoms with Gasteiger partial charge in [-0.05, 0) is 119 Å². The lowest BCUT2D eigenvalue weighted by Crippen LogP contribution is -2.63. The van der Waals surface area contributed by atoms with Crippen LogP contribution < -0.4 is 41.9 Å². The van der Waals surface area contributed by atoms with Crippen LogP contribution in [0.2, 0.25) is 0 Å². The fourth-order valence-electron chi connectivity index (χ4n) is 10.9. The van der Waals surface area contributed by atoms with Crippen molar-refractivity contribution in [2.75, 3.05) is 9.80 Å². The molecule has 0 aliphatic carbocycles. The summed E-state index contributed by atoms with van der Waals surface area (Å²) in [6.07, 6.45) is 2.03. The maximum atomic E-state index is 7.14. The van der Waals surface area contributed by atoms with E-state index in [4.69, 9.17) is 4.74 Å². The summed E-state index contributed by atoms with van der Waals surface area (Å²) in [5, 5.41) is 0. The molecule has 268 valence electrons. The molecular weight excluding hydrogens is 686 g/mol. The van der Waals surface area contributed by atoms with Crippen LogP contribution in [0.25, 0.3) is 0 Å². The fourth-order valence-corrected chi connectivity index (χ4v) is 12.6. The smallest absolute Gasteiger partial charge is 0.256 e. The summed E-state index contributed by atoms with van der Waals surface area (Å²) >= 11 is 2.11. The van der Waals surface area contributed by atoms with Crippen molar-refractivity contribution in [2.24, 2.45) is 5.41 Å². The van der Waals surface area contributed by atoms with Crippen molar-refractivity contribution in [3.63, 3.8) is 0 Å². The van der Waals surface area contributed by atoms with Gasteiger partial charge in [-0.15, -0.1) is 11.8 Å². The Morgan fingerprint density at radius 1 is 0.545 bits per heavy atom. The number of anilines is 5. The molecule has 6 aromatic carbocycles. The molecule has 0 saturated carbocycles. The van der Waals surface area contributed by atoms with Crippen LogP contribution in [0.3, 0.4) is 0 Å². The Labute approximate surface area is 330 Å². The van der Waals surface area contributed by atoms with Crippen LogP contribution in [0.15, 0.2) is 144 Å². The summed E-state index contributed by atoms with van der Waals surface area (Å²) < 4.78 is 7.13. The van der Waals surface area contributed by atoms with Crippen molar-refractivity contribution in [2.45, 2.75) is 64.5 Å². The molecule has 0 radical (unpaired) electrons. The number of para-hydroxylation sites is 3. The van der Waals surface area contributed by atoms with Crippen molar-refractivity contribution in [3.05, 3.63) is 155 Å². The number of hydrogen-bond donors (Lipinski definition) is 0. The minimum absolute atomic E-state index is 0.00845. The topological polar surface area (TPSA) is 15.7 Å². The molecule has 3 nitrogen and oxygen atoms in total. The van der Waals surface area contributed by atoms with E-state index in [1.807, 2.05) is 0 Å². The van der Waals surface area contributed by atoms with E-state index in [0.717, 1.165) is 30.0 Å². The van der Waals surface area contributed by atoms with Gasteiger partial charge in [0.2, 0.25) is 0 Å². The average Bonchev–Trinajstić information content (AvgIpc) is 3.40. The van der Waals surface area contributed by atoms with Gasteiger partial charge >= 0.3 is 0 Å². The molecule has 11 rings (SSSR count). The number of rotatable bonds is 4. The van der Waals surface area contributed by atoms with Gasteiger partial charge in [-0.1, -0.05) is 112 Å². The second-order valence-electron chi connectivity index (χ2n) is 17.0. The van der Waals surface area contributed by atoms with Crippen molar-refractivity contribution >= 4 is 80.9 Å². The van der Waals surface area contributed by atoms with Gasteiger partial charge in [0.1, 0.15) is 11.5 Å². The summed E-state index contributed by atoms with van der Waals surface area (Å²) in [5.41, 5.74) is 17.0. The van der Waals surface area contributed by atoms with E-state index in [9.17, 15) is 0 Å². The van der Waals surface area contributed by atoms with Crippen LogP contribution in [0.1, 0.15) is 65.5 Å². The van der Waals surface area contributed by atoms with Gasteiger partial charge in [0.25, 0.3) is 13.4 Å². The molecule has 6 aromatic rings. The number of hydrogen-bond acceptors (Lipinski definition) is 4. The molecule has 5 aliphatic heterocycles. The predicted molar refractivity (Wildman–Crippen MR) is 236 cm³/mol. The third-order valence-corrected chi connectivity index (χ3v) is 15.8. The minimum atomic E-state index is -0.152. The number of fused-ring (bicyclic) bond motifs is 7. The maximum absolute atomic E-state index is 7.14. The third-order valence-electron chi connectivity index (χ3n) is 14.1. The molecule has 0 amide bonds. The van der Waals surface area contributed by atoms with E-state index in [1.165, 1.54) is 71.7 Å². The first-order valence-electron chi connectivity index (χ1n) is 20.1. The van der Waals surface area contributed by atoms with Gasteiger partial charge in [0.15, 0.2) is 0 Å². The second kappa shape index (κ2) is 11.5. The molecule has 0 saturated heterocycles. The van der Waals surface area contributed by atoms with Crippen LogP contribution in [-0.2, 0) is 5.41 Å². The molecule has 0 bridgehead atoms. The van der Waals surface area contributed by atoms with E-state index < -0.39 is 0 Å². The highest BCUT2D eigenvalue weighted by Gasteiger charge is 2.59. The van der Waals surface area contributed by atoms with E-state index in [1.54, 1.807) is 0 Å². The van der Waals surface area contributed by atoms with Crippen LogP contribution >= 0.6 is 11.8 Å². The summed E-state index contributed by atoms with van der Waals surface area (Å²) in [7, 11) is 0. The molecule has 0 unspecified atom stereocenters. The zero-order valence-corrected chi connectivity index (χ0v) is 33.3. The Hall–Kier alpha value is -5.06. The highest BCUT2D eigenvalue weighted by Crippen LogP contribution is 2.63. The Bertz CT molecular complexity index is 2610. The fraction of sp³-hybridized carbons (Fsp3) is 0.224. The van der Waals surface area contributed by atoms with Crippen LogP contribution in [-0.4, -0.2) is 18.2 Å². The van der Waals surface area contributed by atoms with Gasteiger partial charge in [-0.2, -0.15) is 0 Å². The monoisotopic (exact) mass is 730 g/mol. The number of thioether (sulfide) groups is 1. The lowest BCUT2D eigenvalue weighted by molar-refractivity contribution is 0.352. The zero-order chi connectivity index (χ0) is 37.4. The molecule has 5 heterocycles. The van der Waals surface area contributed by atoms with Crippen LogP contribution in [0.5, 0.6) is 11.5 Å². The van der Waals surface area contributed by atoms with Crippen LogP contribution in [0.4, 0.5) is 28.4 Å². The van der Waals surface area contributed by atoms with Crippen molar-refractivity contribution in [3.8, 4) is 11.5 Å². The van der Waals surface area contributed by atoms with Gasteiger partial charge in [-0.3, -0.25) is 0 Å². The standard InChI is InChI=1S/C49H44B2N2OS/c1-7-49(8-2)33-23-17-26-39-43(33)51(46-45(47(3,4)48(5,6)55-46)53(39)32-21-13-10-14-22-32)36-30-37-42(29-34(36)49)54-41-28-18-27-40-44(41)50(37)35-24-15-16-25-38(35)52(40)31-19-11-9-12-20-31/h9-30H,7-8H2,1-6H3. The maximum Gasteiger partial charge on any atom is 0.256 e. The Kier molecular flexibility index (Phi) is 6.95. The first-order chi connectivity index (χ1) is 26.7. The van der Waals surface area contributed by atoms with Gasteiger partial charge in [-0.25, -0.2) is 0 Å². The van der Waals surface area contributed by atoms with Gasteiger partial charge in [0.05, 0.1) is 0 Å². The Morgan fingerprint density at radius 2 is 1.16 bits per heavy atom. The summed E-state index contributed by atoms with van der Waals surface area (Å²) in [5.74, 6) is 1.95. The highest BCUT2D eigenvalue weighted by molar-refractivity contribution is 8.06. The van der Waals surface area contributed by atoms with Crippen molar-refractivity contribution in [1.82, 2.24) is 0 Å². The number of ether oxygens (including phenoxy) is 1. The molecule has 6 heteroatoms. The summed E-state index contributed by atoms with van der Waals surface area (Å²) in [6.45, 7) is 14.8. The van der Waals surface area contributed by atoms with E-state index in [-0.39, 0.29) is 29.0 Å². The molecule has 5 aliphatic rings. The molecule has 0 atom stereocenters. The number of allylic oxidation sites excluding steroid dienone is 1. The predicted octanol–water partition coefficient (Wildman–Crippen LogP) is 9.57.